The predicted molar refractivity (Wildman–Crippen MR) is 81.0 cm³/mol. The number of ether oxygens (including phenoxy) is 1. The smallest absolute Gasteiger partial charge is 0.135 e. The number of benzene rings is 1. The summed E-state index contributed by atoms with van der Waals surface area (Å²) in [6, 6.07) is 5.88. The van der Waals surface area contributed by atoms with Gasteiger partial charge >= 0.3 is 0 Å². The van der Waals surface area contributed by atoms with Crippen molar-refractivity contribution < 1.29 is 9.84 Å². The van der Waals surface area contributed by atoms with Gasteiger partial charge in [0.1, 0.15) is 18.2 Å². The van der Waals surface area contributed by atoms with Crippen molar-refractivity contribution in [1.29, 1.82) is 0 Å². The van der Waals surface area contributed by atoms with Crippen LogP contribution in [-0.2, 0) is 13.2 Å². The van der Waals surface area contributed by atoms with Crippen molar-refractivity contribution in [3.05, 3.63) is 24.0 Å². The molecule has 0 bridgehead atoms. The summed E-state index contributed by atoms with van der Waals surface area (Å²) in [4.78, 5) is 4.49. The molecule has 0 unspecified atom stereocenters. The van der Waals surface area contributed by atoms with Crippen molar-refractivity contribution in [1.82, 2.24) is 9.55 Å². The summed E-state index contributed by atoms with van der Waals surface area (Å²) in [5.74, 6) is 1.54. The lowest BCUT2D eigenvalue weighted by molar-refractivity contribution is 0.265. The number of imidazole rings is 1. The summed E-state index contributed by atoms with van der Waals surface area (Å²) in [5, 5.41) is 9.47. The first-order valence-electron chi connectivity index (χ1n) is 7.44. The van der Waals surface area contributed by atoms with Gasteiger partial charge in [-0.05, 0) is 18.6 Å². The average Bonchev–Trinajstić information content (AvgIpc) is 2.84. The van der Waals surface area contributed by atoms with Crippen LogP contribution in [0.25, 0.3) is 11.0 Å². The second kappa shape index (κ2) is 7.29. The Balaban J connectivity index is 2.13. The lowest BCUT2D eigenvalue weighted by Gasteiger charge is -2.08. The van der Waals surface area contributed by atoms with E-state index in [1.54, 1.807) is 7.11 Å². The topological polar surface area (TPSA) is 47.3 Å². The summed E-state index contributed by atoms with van der Waals surface area (Å²) in [6.07, 6.45) is 6.20. The largest absolute Gasteiger partial charge is 0.497 e. The fraction of sp³-hybridized carbons (Fsp3) is 0.562. The molecule has 0 saturated carbocycles. The van der Waals surface area contributed by atoms with E-state index < -0.39 is 0 Å². The second-order valence-corrected chi connectivity index (χ2v) is 5.11. The molecule has 0 fully saturated rings. The third-order valence-electron chi connectivity index (χ3n) is 3.66. The molecule has 1 N–H and O–H groups in total. The van der Waals surface area contributed by atoms with Crippen LogP contribution in [-0.4, -0.2) is 21.8 Å². The van der Waals surface area contributed by atoms with Crippen LogP contribution < -0.4 is 4.74 Å². The van der Waals surface area contributed by atoms with E-state index in [1.807, 2.05) is 18.2 Å². The van der Waals surface area contributed by atoms with Gasteiger partial charge in [0.2, 0.25) is 0 Å². The van der Waals surface area contributed by atoms with Gasteiger partial charge in [-0.15, -0.1) is 0 Å². The highest BCUT2D eigenvalue weighted by atomic mass is 16.5. The zero-order valence-corrected chi connectivity index (χ0v) is 12.4. The Kier molecular flexibility index (Phi) is 5.41. The molecule has 0 amide bonds. The number of hydrogen-bond donors (Lipinski definition) is 1. The number of rotatable bonds is 8. The van der Waals surface area contributed by atoms with Gasteiger partial charge in [-0.3, -0.25) is 0 Å². The fourth-order valence-corrected chi connectivity index (χ4v) is 2.53. The molecule has 2 aromatic rings. The highest BCUT2D eigenvalue weighted by molar-refractivity contribution is 5.77. The number of aliphatic hydroxyl groups is 1. The molecule has 1 aromatic heterocycles. The van der Waals surface area contributed by atoms with Gasteiger partial charge in [0.05, 0.1) is 18.1 Å². The number of aromatic nitrogens is 2. The number of unbranched alkanes of at least 4 members (excludes halogenated alkanes) is 4. The lowest BCUT2D eigenvalue weighted by Crippen LogP contribution is -2.04. The SMILES string of the molecule is CCCCCCCn1c(CO)nc2cc(OC)ccc21. The Hall–Kier alpha value is -1.55. The van der Waals surface area contributed by atoms with Crippen LogP contribution in [0.15, 0.2) is 18.2 Å². The lowest BCUT2D eigenvalue weighted by atomic mass is 10.1. The monoisotopic (exact) mass is 276 g/mol. The van der Waals surface area contributed by atoms with Gasteiger partial charge in [-0.25, -0.2) is 4.98 Å². The molecule has 0 atom stereocenters. The van der Waals surface area contributed by atoms with Crippen LogP contribution in [0.1, 0.15) is 44.9 Å². The molecule has 2 rings (SSSR count). The van der Waals surface area contributed by atoms with Gasteiger partial charge in [-0.2, -0.15) is 0 Å². The molecule has 4 nitrogen and oxygen atoms in total. The van der Waals surface area contributed by atoms with E-state index in [0.717, 1.165) is 35.6 Å². The summed E-state index contributed by atoms with van der Waals surface area (Å²) >= 11 is 0. The maximum absolute atomic E-state index is 9.47. The molecular formula is C16H24N2O2. The summed E-state index contributed by atoms with van der Waals surface area (Å²) in [6.45, 7) is 3.12. The summed E-state index contributed by atoms with van der Waals surface area (Å²) < 4.78 is 7.34. The van der Waals surface area contributed by atoms with E-state index in [1.165, 1.54) is 25.7 Å². The third-order valence-corrected chi connectivity index (χ3v) is 3.66. The normalized spacial score (nSPS) is 11.2. The number of fused-ring (bicyclic) bond motifs is 1. The third kappa shape index (κ3) is 3.31. The molecule has 0 aliphatic heterocycles. The van der Waals surface area contributed by atoms with Gasteiger partial charge in [-0.1, -0.05) is 32.6 Å². The van der Waals surface area contributed by atoms with E-state index in [9.17, 15) is 5.11 Å². The van der Waals surface area contributed by atoms with Crippen LogP contribution >= 0.6 is 0 Å². The van der Waals surface area contributed by atoms with Crippen LogP contribution in [0.5, 0.6) is 5.75 Å². The molecular weight excluding hydrogens is 252 g/mol. The van der Waals surface area contributed by atoms with Gasteiger partial charge in [0.25, 0.3) is 0 Å². The molecule has 0 spiro atoms. The Morgan fingerprint density at radius 2 is 2.00 bits per heavy atom. The second-order valence-electron chi connectivity index (χ2n) is 5.11. The fourth-order valence-electron chi connectivity index (χ4n) is 2.53. The highest BCUT2D eigenvalue weighted by Gasteiger charge is 2.10. The zero-order chi connectivity index (χ0) is 14.4. The molecule has 0 aliphatic carbocycles. The first-order chi connectivity index (χ1) is 9.80. The molecule has 0 saturated heterocycles. The van der Waals surface area contributed by atoms with E-state index in [0.29, 0.717) is 0 Å². The first kappa shape index (κ1) is 14.9. The van der Waals surface area contributed by atoms with Crippen LogP contribution in [0.3, 0.4) is 0 Å². The van der Waals surface area contributed by atoms with Crippen molar-refractivity contribution in [2.45, 2.75) is 52.2 Å². The summed E-state index contributed by atoms with van der Waals surface area (Å²) in [7, 11) is 1.65. The van der Waals surface area contributed by atoms with E-state index >= 15 is 0 Å². The van der Waals surface area contributed by atoms with Crippen molar-refractivity contribution in [3.8, 4) is 5.75 Å². The average molecular weight is 276 g/mol. The zero-order valence-electron chi connectivity index (χ0n) is 12.4. The van der Waals surface area contributed by atoms with Crippen molar-refractivity contribution in [2.24, 2.45) is 0 Å². The van der Waals surface area contributed by atoms with E-state index in [4.69, 9.17) is 4.74 Å². The Bertz CT molecular complexity index is 549. The number of hydrogen-bond acceptors (Lipinski definition) is 3. The minimum absolute atomic E-state index is 0.0219. The van der Waals surface area contributed by atoms with Crippen LogP contribution in [0.2, 0.25) is 0 Å². The van der Waals surface area contributed by atoms with Crippen molar-refractivity contribution >= 4 is 11.0 Å². The van der Waals surface area contributed by atoms with E-state index in [2.05, 4.69) is 16.5 Å². The minimum atomic E-state index is -0.0219. The molecule has 20 heavy (non-hydrogen) atoms. The first-order valence-corrected chi connectivity index (χ1v) is 7.44. The van der Waals surface area contributed by atoms with Gasteiger partial charge in [0.15, 0.2) is 0 Å². The predicted octanol–water partition coefficient (Wildman–Crippen LogP) is 3.51. The Morgan fingerprint density at radius 3 is 2.70 bits per heavy atom. The van der Waals surface area contributed by atoms with Gasteiger partial charge in [0, 0.05) is 12.6 Å². The standard InChI is InChI=1S/C16H24N2O2/c1-3-4-5-6-7-10-18-15-9-8-13(20-2)11-14(15)17-16(18)12-19/h8-9,11,19H,3-7,10,12H2,1-2H3. The Morgan fingerprint density at radius 1 is 1.20 bits per heavy atom. The highest BCUT2D eigenvalue weighted by Crippen LogP contribution is 2.22. The van der Waals surface area contributed by atoms with E-state index in [-0.39, 0.29) is 6.61 Å². The molecule has 4 heteroatoms. The number of nitrogens with zero attached hydrogens (tertiary/aromatic N) is 2. The maximum atomic E-state index is 9.47. The minimum Gasteiger partial charge on any atom is -0.497 e. The molecule has 110 valence electrons. The quantitative estimate of drug-likeness (QED) is 0.751. The number of methoxy groups -OCH3 is 1. The molecule has 0 aliphatic rings. The molecule has 1 aromatic carbocycles. The van der Waals surface area contributed by atoms with Crippen molar-refractivity contribution in [3.63, 3.8) is 0 Å². The van der Waals surface area contributed by atoms with Gasteiger partial charge < -0.3 is 14.4 Å². The molecule has 1 heterocycles. The molecule has 0 radical (unpaired) electrons. The number of aryl methyl sites for hydroxylation is 1. The Labute approximate surface area is 120 Å². The maximum Gasteiger partial charge on any atom is 0.135 e. The number of aliphatic hydroxyl groups excluding tert-OH is 1. The van der Waals surface area contributed by atoms with Crippen LogP contribution in [0.4, 0.5) is 0 Å². The van der Waals surface area contributed by atoms with Crippen molar-refractivity contribution in [2.75, 3.05) is 7.11 Å². The summed E-state index contributed by atoms with van der Waals surface area (Å²) in [5.41, 5.74) is 1.97. The van der Waals surface area contributed by atoms with Crippen LogP contribution in [0, 0.1) is 0 Å².